The Hall–Kier alpha value is -3.43. The number of ether oxygens (including phenoxy) is 2. The van der Waals surface area contributed by atoms with E-state index in [1.54, 1.807) is 37.4 Å². The summed E-state index contributed by atoms with van der Waals surface area (Å²) in [6, 6.07) is 14.7. The predicted octanol–water partition coefficient (Wildman–Crippen LogP) is 3.52. The van der Waals surface area contributed by atoms with Crippen LogP contribution in [0.15, 0.2) is 52.9 Å². The highest BCUT2D eigenvalue weighted by Gasteiger charge is 2.15. The lowest BCUT2D eigenvalue weighted by Gasteiger charge is -2.26. The van der Waals surface area contributed by atoms with Crippen molar-refractivity contribution in [2.24, 2.45) is 0 Å². The molecule has 1 saturated heterocycles. The Labute approximate surface area is 193 Å². The summed E-state index contributed by atoms with van der Waals surface area (Å²) in [6.07, 6.45) is 2.10. The van der Waals surface area contributed by atoms with Gasteiger partial charge in [0, 0.05) is 37.0 Å². The Morgan fingerprint density at radius 3 is 2.70 bits per heavy atom. The fourth-order valence-corrected chi connectivity index (χ4v) is 3.62. The Bertz CT molecular complexity index is 1030. The maximum atomic E-state index is 12.4. The molecule has 1 aromatic heterocycles. The van der Waals surface area contributed by atoms with Gasteiger partial charge in [0.2, 0.25) is 0 Å². The van der Waals surface area contributed by atoms with Gasteiger partial charge in [0.1, 0.15) is 5.75 Å². The van der Waals surface area contributed by atoms with Crippen LogP contribution in [-0.2, 0) is 4.74 Å². The number of unbranched alkanes of at least 4 members (excludes halogenated alkanes) is 1. The van der Waals surface area contributed by atoms with Gasteiger partial charge < -0.3 is 24.5 Å². The van der Waals surface area contributed by atoms with Crippen molar-refractivity contribution in [1.82, 2.24) is 15.1 Å². The van der Waals surface area contributed by atoms with Gasteiger partial charge in [-0.2, -0.15) is 0 Å². The number of hydrogen-bond donors (Lipinski definition) is 2. The van der Waals surface area contributed by atoms with Gasteiger partial charge in [-0.15, -0.1) is 5.10 Å². The van der Waals surface area contributed by atoms with E-state index in [1.807, 2.05) is 18.2 Å². The van der Waals surface area contributed by atoms with Crippen molar-refractivity contribution in [3.63, 3.8) is 0 Å². The number of anilines is 2. The van der Waals surface area contributed by atoms with E-state index in [0.717, 1.165) is 52.2 Å². The molecule has 2 heterocycles. The summed E-state index contributed by atoms with van der Waals surface area (Å²) >= 11 is 0. The smallest absolute Gasteiger partial charge is 0.315 e. The zero-order chi connectivity index (χ0) is 22.9. The number of carbonyl (C=O) groups is 1. The monoisotopic (exact) mass is 451 g/mol. The van der Waals surface area contributed by atoms with Crippen LogP contribution in [0.25, 0.3) is 11.5 Å². The molecule has 9 nitrogen and oxygen atoms in total. The maximum Gasteiger partial charge on any atom is 0.315 e. The van der Waals surface area contributed by atoms with Gasteiger partial charge >= 0.3 is 6.01 Å². The van der Waals surface area contributed by atoms with Gasteiger partial charge in [-0.1, -0.05) is 23.3 Å². The van der Waals surface area contributed by atoms with E-state index in [2.05, 4.69) is 25.7 Å². The molecule has 0 spiro atoms. The topological polar surface area (TPSA) is 102 Å². The van der Waals surface area contributed by atoms with E-state index in [1.165, 1.54) is 0 Å². The van der Waals surface area contributed by atoms with Crippen molar-refractivity contribution in [2.75, 3.05) is 57.1 Å². The minimum Gasteiger partial charge on any atom is -0.496 e. The average Bonchev–Trinajstić information content (AvgIpc) is 3.33. The summed E-state index contributed by atoms with van der Waals surface area (Å²) in [6.45, 7) is 5.51. The van der Waals surface area contributed by atoms with Crippen molar-refractivity contribution in [1.29, 1.82) is 0 Å². The molecule has 1 aliphatic heterocycles. The highest BCUT2D eigenvalue weighted by molar-refractivity contribution is 6.04. The van der Waals surface area contributed by atoms with Crippen LogP contribution < -0.4 is 15.4 Å². The first-order valence-electron chi connectivity index (χ1n) is 11.2. The molecule has 1 fully saturated rings. The lowest BCUT2D eigenvalue weighted by atomic mass is 10.1. The molecule has 0 unspecified atom stereocenters. The van der Waals surface area contributed by atoms with Crippen LogP contribution in [0.1, 0.15) is 23.2 Å². The van der Waals surface area contributed by atoms with E-state index in [9.17, 15) is 4.79 Å². The van der Waals surface area contributed by atoms with Crippen LogP contribution in [0.3, 0.4) is 0 Å². The van der Waals surface area contributed by atoms with Gasteiger partial charge in [-0.05, 0) is 43.7 Å². The van der Waals surface area contributed by atoms with Gasteiger partial charge in [0.15, 0.2) is 0 Å². The first kappa shape index (κ1) is 22.8. The molecule has 3 aromatic rings. The number of morpholine rings is 1. The van der Waals surface area contributed by atoms with Crippen molar-refractivity contribution in [3.8, 4) is 17.2 Å². The van der Waals surface area contributed by atoms with Crippen molar-refractivity contribution >= 4 is 17.6 Å². The van der Waals surface area contributed by atoms with Gasteiger partial charge in [0.25, 0.3) is 11.8 Å². The summed E-state index contributed by atoms with van der Waals surface area (Å²) in [5.74, 6) is 0.688. The van der Waals surface area contributed by atoms with Crippen LogP contribution in [-0.4, -0.2) is 67.5 Å². The second-order valence-electron chi connectivity index (χ2n) is 7.74. The lowest BCUT2D eigenvalue weighted by Crippen LogP contribution is -2.36. The molecule has 0 bridgehead atoms. The van der Waals surface area contributed by atoms with Crippen LogP contribution in [0.4, 0.5) is 11.7 Å². The van der Waals surface area contributed by atoms with E-state index in [-0.39, 0.29) is 5.91 Å². The van der Waals surface area contributed by atoms with Gasteiger partial charge in [-0.3, -0.25) is 9.69 Å². The Balaban J connectivity index is 1.30. The van der Waals surface area contributed by atoms with Crippen molar-refractivity contribution in [2.45, 2.75) is 12.8 Å². The summed E-state index contributed by atoms with van der Waals surface area (Å²) in [5.41, 5.74) is 1.85. The first-order chi connectivity index (χ1) is 16.2. The van der Waals surface area contributed by atoms with Gasteiger partial charge in [0.05, 0.1) is 25.9 Å². The third kappa shape index (κ3) is 6.30. The number of methoxy groups -OCH3 is 1. The Kier molecular flexibility index (Phi) is 7.89. The molecule has 1 aliphatic rings. The third-order valence-electron chi connectivity index (χ3n) is 5.43. The molecule has 0 saturated carbocycles. The molecule has 2 N–H and O–H groups in total. The highest BCUT2D eigenvalue weighted by Crippen LogP contribution is 2.32. The van der Waals surface area contributed by atoms with Crippen LogP contribution in [0.5, 0.6) is 5.75 Å². The molecule has 33 heavy (non-hydrogen) atoms. The largest absolute Gasteiger partial charge is 0.496 e. The molecule has 0 atom stereocenters. The molecular weight excluding hydrogens is 422 g/mol. The second-order valence-corrected chi connectivity index (χ2v) is 7.74. The molecule has 4 rings (SSSR count). The third-order valence-corrected chi connectivity index (χ3v) is 5.43. The van der Waals surface area contributed by atoms with E-state index >= 15 is 0 Å². The standard InChI is InChI=1S/C24H29N5O4/c1-31-21-17-19(26-22(30)18-7-3-2-4-8-18)9-10-20(21)23-27-28-24(33-23)25-11-5-6-12-29-13-15-32-16-14-29/h2-4,7-10,17H,5-6,11-16H2,1H3,(H,25,28)(H,26,30). The Morgan fingerprint density at radius 2 is 1.91 bits per heavy atom. The normalized spacial score (nSPS) is 14.1. The highest BCUT2D eigenvalue weighted by atomic mass is 16.5. The lowest BCUT2D eigenvalue weighted by molar-refractivity contribution is 0.0373. The number of nitrogens with zero attached hydrogens (tertiary/aromatic N) is 3. The number of benzene rings is 2. The maximum absolute atomic E-state index is 12.4. The molecule has 1 amide bonds. The summed E-state index contributed by atoms with van der Waals surface area (Å²) in [7, 11) is 1.56. The van der Waals surface area contributed by atoms with Crippen LogP contribution in [0.2, 0.25) is 0 Å². The molecule has 174 valence electrons. The fourth-order valence-electron chi connectivity index (χ4n) is 3.62. The van der Waals surface area contributed by atoms with Crippen molar-refractivity contribution < 1.29 is 18.7 Å². The van der Waals surface area contributed by atoms with E-state index < -0.39 is 0 Å². The number of hydrogen-bond acceptors (Lipinski definition) is 8. The minimum absolute atomic E-state index is 0.191. The molecule has 0 radical (unpaired) electrons. The molecule has 9 heteroatoms. The number of carbonyl (C=O) groups excluding carboxylic acids is 1. The first-order valence-corrected chi connectivity index (χ1v) is 11.2. The number of rotatable bonds is 10. The fraction of sp³-hybridized carbons (Fsp3) is 0.375. The zero-order valence-corrected chi connectivity index (χ0v) is 18.8. The van der Waals surface area contributed by atoms with E-state index in [4.69, 9.17) is 13.9 Å². The summed E-state index contributed by atoms with van der Waals surface area (Å²) in [4.78, 5) is 14.8. The molecular formula is C24H29N5O4. The van der Waals surface area contributed by atoms with Crippen LogP contribution in [0, 0.1) is 0 Å². The SMILES string of the molecule is COc1cc(NC(=O)c2ccccc2)ccc1-c1nnc(NCCCCN2CCOCC2)o1. The zero-order valence-electron chi connectivity index (χ0n) is 18.8. The average molecular weight is 452 g/mol. The van der Waals surface area contributed by atoms with E-state index in [0.29, 0.717) is 34.5 Å². The second kappa shape index (κ2) is 11.4. The number of nitrogens with one attached hydrogen (secondary N) is 2. The van der Waals surface area contributed by atoms with Gasteiger partial charge in [-0.25, -0.2) is 0 Å². The summed E-state index contributed by atoms with van der Waals surface area (Å²) in [5, 5.41) is 14.3. The minimum atomic E-state index is -0.191. The Morgan fingerprint density at radius 1 is 1.09 bits per heavy atom. The molecule has 2 aromatic carbocycles. The van der Waals surface area contributed by atoms with Crippen molar-refractivity contribution in [3.05, 3.63) is 54.1 Å². The quantitative estimate of drug-likeness (QED) is 0.452. The summed E-state index contributed by atoms with van der Waals surface area (Å²) < 4.78 is 16.6. The van der Waals surface area contributed by atoms with Crippen LogP contribution >= 0.6 is 0 Å². The molecule has 0 aliphatic carbocycles. The number of amides is 1. The number of aromatic nitrogens is 2. The predicted molar refractivity (Wildman–Crippen MR) is 126 cm³/mol.